The van der Waals surface area contributed by atoms with Gasteiger partial charge in [-0.15, -0.1) is 0 Å². The molecule has 1 aliphatic rings. The Morgan fingerprint density at radius 2 is 1.83 bits per heavy atom. The lowest BCUT2D eigenvalue weighted by atomic mass is 10.2. The maximum absolute atomic E-state index is 12.0. The first kappa shape index (κ1) is 20.1. The molecule has 0 saturated carbocycles. The maximum atomic E-state index is 12.0. The van der Waals surface area contributed by atoms with Crippen molar-refractivity contribution in [3.8, 4) is 23.0 Å². The monoisotopic (exact) mass is 399 g/mol. The van der Waals surface area contributed by atoms with Gasteiger partial charge in [0, 0.05) is 29.5 Å². The molecule has 3 rings (SSSR count). The number of methoxy groups -OCH3 is 2. The lowest BCUT2D eigenvalue weighted by Crippen LogP contribution is -2.20. The molecule has 1 amide bonds. The number of carbonyl (C=O) groups excluding carboxylic acids is 2. The van der Waals surface area contributed by atoms with E-state index in [-0.39, 0.29) is 0 Å². The number of nitrogens with one attached hydrogen (secondary N) is 1. The van der Waals surface area contributed by atoms with Gasteiger partial charge in [-0.2, -0.15) is 0 Å². The maximum Gasteiger partial charge on any atom is 0.331 e. The number of ether oxygens (including phenoxy) is 5. The van der Waals surface area contributed by atoms with Gasteiger partial charge in [0.25, 0.3) is 5.91 Å². The van der Waals surface area contributed by atoms with Crippen LogP contribution >= 0.6 is 0 Å². The van der Waals surface area contributed by atoms with Crippen LogP contribution in [0, 0.1) is 0 Å². The van der Waals surface area contributed by atoms with Crippen LogP contribution in [0.15, 0.2) is 42.5 Å². The van der Waals surface area contributed by atoms with Gasteiger partial charge in [-0.25, -0.2) is 4.79 Å². The number of anilines is 1. The number of fused-ring (bicyclic) bond motifs is 1. The summed E-state index contributed by atoms with van der Waals surface area (Å²) in [5.74, 6) is 1.25. The average molecular weight is 399 g/mol. The van der Waals surface area contributed by atoms with Crippen LogP contribution in [0.5, 0.6) is 23.0 Å². The smallest absolute Gasteiger partial charge is 0.331 e. The molecule has 152 valence electrons. The zero-order valence-electron chi connectivity index (χ0n) is 16.1. The standard InChI is InChI=1S/C21H21NO7/c1-25-16-6-3-14(18(12-16)26-2)4-8-21(24)29-13-20(23)22-15-5-7-17-19(11-15)28-10-9-27-17/h3-8,11-12H,9-10,13H2,1-2H3,(H,22,23)/b8-4+. The molecular weight excluding hydrogens is 378 g/mol. The van der Waals surface area contributed by atoms with Crippen molar-refractivity contribution in [2.24, 2.45) is 0 Å². The highest BCUT2D eigenvalue weighted by atomic mass is 16.6. The molecule has 8 heteroatoms. The van der Waals surface area contributed by atoms with Crippen LogP contribution in [0.1, 0.15) is 5.56 Å². The Labute approximate surface area is 168 Å². The van der Waals surface area contributed by atoms with Gasteiger partial charge in [0.05, 0.1) is 14.2 Å². The number of rotatable bonds is 7. The van der Waals surface area contributed by atoms with Gasteiger partial charge >= 0.3 is 5.97 Å². The SMILES string of the molecule is COc1ccc(/C=C/C(=O)OCC(=O)Nc2ccc3c(c2)OCCO3)c(OC)c1. The first-order chi connectivity index (χ1) is 14.1. The van der Waals surface area contributed by atoms with E-state index in [1.807, 2.05) is 0 Å². The van der Waals surface area contributed by atoms with E-state index in [0.717, 1.165) is 0 Å². The molecule has 1 aliphatic heterocycles. The molecule has 0 bridgehead atoms. The van der Waals surface area contributed by atoms with E-state index in [9.17, 15) is 9.59 Å². The summed E-state index contributed by atoms with van der Waals surface area (Å²) in [4.78, 5) is 23.9. The number of esters is 1. The molecule has 0 saturated heterocycles. The second-order valence-electron chi connectivity index (χ2n) is 5.96. The van der Waals surface area contributed by atoms with Crippen LogP contribution < -0.4 is 24.3 Å². The number of hydrogen-bond acceptors (Lipinski definition) is 7. The van der Waals surface area contributed by atoms with Crippen molar-refractivity contribution in [3.63, 3.8) is 0 Å². The van der Waals surface area contributed by atoms with E-state index < -0.39 is 18.5 Å². The van der Waals surface area contributed by atoms with E-state index in [1.165, 1.54) is 13.2 Å². The Morgan fingerprint density at radius 3 is 2.59 bits per heavy atom. The van der Waals surface area contributed by atoms with Crippen molar-refractivity contribution in [1.82, 2.24) is 0 Å². The van der Waals surface area contributed by atoms with Gasteiger partial charge in [-0.3, -0.25) is 4.79 Å². The summed E-state index contributed by atoms with van der Waals surface area (Å²) in [6.07, 6.45) is 2.76. The normalized spacial score (nSPS) is 12.3. The van der Waals surface area contributed by atoms with Crippen LogP contribution in [0.2, 0.25) is 0 Å². The fourth-order valence-corrected chi connectivity index (χ4v) is 2.62. The Kier molecular flexibility index (Phi) is 6.57. The summed E-state index contributed by atoms with van der Waals surface area (Å²) < 4.78 is 26.2. The molecule has 1 heterocycles. The van der Waals surface area contributed by atoms with Crippen molar-refractivity contribution >= 4 is 23.6 Å². The van der Waals surface area contributed by atoms with Crippen molar-refractivity contribution in [2.75, 3.05) is 39.4 Å². The predicted octanol–water partition coefficient (Wildman–Crippen LogP) is 2.67. The Balaban J connectivity index is 1.51. The minimum Gasteiger partial charge on any atom is -0.497 e. The Hall–Kier alpha value is -3.68. The number of amides is 1. The van der Waals surface area contributed by atoms with Crippen molar-refractivity contribution in [3.05, 3.63) is 48.0 Å². The summed E-state index contributed by atoms with van der Waals surface area (Å²) in [5, 5.41) is 2.64. The third-order valence-corrected chi connectivity index (χ3v) is 4.01. The van der Waals surface area contributed by atoms with Crippen LogP contribution in [0.25, 0.3) is 6.08 Å². The molecule has 8 nitrogen and oxygen atoms in total. The number of benzene rings is 2. The van der Waals surface area contributed by atoms with Gasteiger partial charge in [0.1, 0.15) is 24.7 Å². The summed E-state index contributed by atoms with van der Waals surface area (Å²) in [7, 11) is 3.07. The second kappa shape index (κ2) is 9.50. The number of hydrogen-bond donors (Lipinski definition) is 1. The largest absolute Gasteiger partial charge is 0.497 e. The summed E-state index contributed by atoms with van der Waals surface area (Å²) >= 11 is 0. The minimum absolute atomic E-state index is 0.419. The highest BCUT2D eigenvalue weighted by Crippen LogP contribution is 2.32. The first-order valence-corrected chi connectivity index (χ1v) is 8.85. The molecule has 0 atom stereocenters. The Morgan fingerprint density at radius 1 is 1.03 bits per heavy atom. The third-order valence-electron chi connectivity index (χ3n) is 4.01. The molecule has 0 spiro atoms. The summed E-state index contributed by atoms with van der Waals surface area (Å²) in [5.41, 5.74) is 1.19. The van der Waals surface area contributed by atoms with Crippen LogP contribution in [-0.2, 0) is 14.3 Å². The van der Waals surface area contributed by atoms with E-state index in [4.69, 9.17) is 23.7 Å². The summed E-state index contributed by atoms with van der Waals surface area (Å²) in [6, 6.07) is 10.2. The molecule has 0 aromatic heterocycles. The first-order valence-electron chi connectivity index (χ1n) is 8.85. The van der Waals surface area contributed by atoms with Gasteiger partial charge in [0.15, 0.2) is 18.1 Å². The topological polar surface area (TPSA) is 92.3 Å². The van der Waals surface area contributed by atoms with E-state index >= 15 is 0 Å². The fourth-order valence-electron chi connectivity index (χ4n) is 2.62. The van der Waals surface area contributed by atoms with Crippen molar-refractivity contribution < 1.29 is 33.3 Å². The molecule has 29 heavy (non-hydrogen) atoms. The molecular formula is C21H21NO7. The molecule has 0 aliphatic carbocycles. The minimum atomic E-state index is -0.653. The van der Waals surface area contributed by atoms with Crippen molar-refractivity contribution in [1.29, 1.82) is 0 Å². The quantitative estimate of drug-likeness (QED) is 0.565. The highest BCUT2D eigenvalue weighted by molar-refractivity contribution is 5.95. The second-order valence-corrected chi connectivity index (χ2v) is 5.96. The van der Waals surface area contributed by atoms with E-state index in [2.05, 4.69) is 5.32 Å². The van der Waals surface area contributed by atoms with E-state index in [0.29, 0.717) is 47.5 Å². The molecule has 2 aromatic carbocycles. The molecule has 2 aromatic rings. The van der Waals surface area contributed by atoms with Gasteiger partial charge in [0.2, 0.25) is 0 Å². The highest BCUT2D eigenvalue weighted by Gasteiger charge is 2.13. The fraction of sp³-hybridized carbons (Fsp3) is 0.238. The predicted molar refractivity (Wildman–Crippen MR) is 106 cm³/mol. The van der Waals surface area contributed by atoms with Gasteiger partial charge in [-0.05, 0) is 30.3 Å². The van der Waals surface area contributed by atoms with E-state index in [1.54, 1.807) is 49.6 Å². The zero-order chi connectivity index (χ0) is 20.6. The Bertz CT molecular complexity index is 923. The number of carbonyl (C=O) groups is 2. The molecule has 0 fully saturated rings. The lowest BCUT2D eigenvalue weighted by molar-refractivity contribution is -0.142. The van der Waals surface area contributed by atoms with Crippen molar-refractivity contribution in [2.45, 2.75) is 0 Å². The molecule has 0 radical (unpaired) electrons. The third kappa shape index (κ3) is 5.41. The summed E-state index contributed by atoms with van der Waals surface area (Å²) in [6.45, 7) is 0.523. The van der Waals surface area contributed by atoms with Gasteiger partial charge < -0.3 is 29.0 Å². The zero-order valence-corrected chi connectivity index (χ0v) is 16.1. The average Bonchev–Trinajstić information content (AvgIpc) is 2.76. The molecule has 0 unspecified atom stereocenters. The van der Waals surface area contributed by atoms with Crippen LogP contribution in [-0.4, -0.2) is 45.9 Å². The lowest BCUT2D eigenvalue weighted by Gasteiger charge is -2.18. The van der Waals surface area contributed by atoms with Gasteiger partial charge in [-0.1, -0.05) is 0 Å². The van der Waals surface area contributed by atoms with Crippen LogP contribution in [0.3, 0.4) is 0 Å². The molecule has 1 N–H and O–H groups in total. The van der Waals surface area contributed by atoms with Crippen LogP contribution in [0.4, 0.5) is 5.69 Å².